The van der Waals surface area contributed by atoms with Gasteiger partial charge < -0.3 is 10.1 Å². The van der Waals surface area contributed by atoms with Crippen molar-refractivity contribution in [3.05, 3.63) is 100 Å². The topological polar surface area (TPSA) is 38.3 Å². The first-order valence-electron chi connectivity index (χ1n) is 8.36. The summed E-state index contributed by atoms with van der Waals surface area (Å²) >= 11 is 0. The van der Waals surface area contributed by atoms with Gasteiger partial charge in [-0.05, 0) is 23.3 Å². The van der Waals surface area contributed by atoms with Crippen LogP contribution in [0, 0.1) is 29.1 Å². The molecule has 1 amide bonds. The SMILES string of the molecule is COc1ccc([C@@H](NC(=O)c2c(F)c(F)c(F)c(F)c2F)c2ccccc2)cc1. The first kappa shape index (κ1) is 20.3. The summed E-state index contributed by atoms with van der Waals surface area (Å²) in [5.41, 5.74) is -0.500. The Kier molecular flexibility index (Phi) is 5.81. The number of nitrogens with one attached hydrogen (secondary N) is 1. The van der Waals surface area contributed by atoms with Crippen LogP contribution in [0.2, 0.25) is 0 Å². The Morgan fingerprint density at radius 1 is 0.759 bits per heavy atom. The number of hydrogen-bond donors (Lipinski definition) is 1. The lowest BCUT2D eigenvalue weighted by atomic mass is 9.98. The number of ether oxygens (including phenoxy) is 1. The van der Waals surface area contributed by atoms with Crippen LogP contribution in [0.25, 0.3) is 0 Å². The molecule has 0 unspecified atom stereocenters. The lowest BCUT2D eigenvalue weighted by Gasteiger charge is -2.21. The Morgan fingerprint density at radius 3 is 1.76 bits per heavy atom. The van der Waals surface area contributed by atoms with Crippen LogP contribution in [0.1, 0.15) is 27.5 Å². The third kappa shape index (κ3) is 3.91. The maximum Gasteiger partial charge on any atom is 0.258 e. The third-order valence-corrected chi connectivity index (χ3v) is 4.29. The highest BCUT2D eigenvalue weighted by molar-refractivity contribution is 5.95. The van der Waals surface area contributed by atoms with Crippen LogP contribution in [0.15, 0.2) is 54.6 Å². The molecule has 0 radical (unpaired) electrons. The number of benzene rings is 3. The quantitative estimate of drug-likeness (QED) is 0.371. The minimum absolute atomic E-state index is 0.509. The van der Waals surface area contributed by atoms with Crippen molar-refractivity contribution < 1.29 is 31.5 Å². The summed E-state index contributed by atoms with van der Waals surface area (Å²) < 4.78 is 73.3. The Labute approximate surface area is 162 Å². The van der Waals surface area contributed by atoms with Crippen LogP contribution < -0.4 is 10.1 Å². The number of amides is 1. The third-order valence-electron chi connectivity index (χ3n) is 4.29. The standard InChI is InChI=1S/C21H14F5NO2/c1-29-13-9-7-12(8-10-13)20(11-5-3-2-4-6-11)27-21(28)14-15(22)17(24)19(26)18(25)16(14)23/h2-10,20H,1H3,(H,27,28)/t20-/m0/s1. The summed E-state index contributed by atoms with van der Waals surface area (Å²) in [6.07, 6.45) is 0. The summed E-state index contributed by atoms with van der Waals surface area (Å²) in [5, 5.41) is 2.34. The molecule has 3 rings (SSSR count). The van der Waals surface area contributed by atoms with Crippen molar-refractivity contribution in [3.8, 4) is 5.75 Å². The number of rotatable bonds is 5. The minimum atomic E-state index is -2.33. The molecule has 1 N–H and O–H groups in total. The number of hydrogen-bond acceptors (Lipinski definition) is 2. The van der Waals surface area contributed by atoms with E-state index in [1.54, 1.807) is 54.6 Å². The first-order chi connectivity index (χ1) is 13.8. The predicted molar refractivity (Wildman–Crippen MR) is 95.0 cm³/mol. The molecule has 0 bridgehead atoms. The minimum Gasteiger partial charge on any atom is -0.497 e. The van der Waals surface area contributed by atoms with Gasteiger partial charge in [0.15, 0.2) is 23.3 Å². The Morgan fingerprint density at radius 2 is 1.24 bits per heavy atom. The molecule has 29 heavy (non-hydrogen) atoms. The summed E-state index contributed by atoms with van der Waals surface area (Å²) in [5.74, 6) is -12.0. The van der Waals surface area contributed by atoms with E-state index in [2.05, 4.69) is 5.32 Å². The Hall–Kier alpha value is -3.42. The molecule has 0 aliphatic rings. The molecule has 0 saturated carbocycles. The first-order valence-corrected chi connectivity index (χ1v) is 8.36. The fourth-order valence-electron chi connectivity index (χ4n) is 2.81. The van der Waals surface area contributed by atoms with Crippen LogP contribution in [-0.2, 0) is 0 Å². The van der Waals surface area contributed by atoms with Crippen molar-refractivity contribution in [2.45, 2.75) is 6.04 Å². The highest BCUT2D eigenvalue weighted by Crippen LogP contribution is 2.27. The molecule has 0 heterocycles. The maximum absolute atomic E-state index is 14.0. The zero-order valence-corrected chi connectivity index (χ0v) is 15.0. The normalized spacial score (nSPS) is 11.8. The molecule has 0 aliphatic carbocycles. The fourth-order valence-corrected chi connectivity index (χ4v) is 2.81. The smallest absolute Gasteiger partial charge is 0.258 e. The van der Waals surface area contributed by atoms with Gasteiger partial charge in [0.2, 0.25) is 5.82 Å². The largest absolute Gasteiger partial charge is 0.497 e. The van der Waals surface area contributed by atoms with Gasteiger partial charge in [0, 0.05) is 0 Å². The van der Waals surface area contributed by atoms with Gasteiger partial charge in [-0.25, -0.2) is 22.0 Å². The summed E-state index contributed by atoms with van der Waals surface area (Å²) in [4.78, 5) is 12.5. The van der Waals surface area contributed by atoms with E-state index in [-0.39, 0.29) is 0 Å². The van der Waals surface area contributed by atoms with E-state index >= 15 is 0 Å². The van der Waals surface area contributed by atoms with E-state index in [1.165, 1.54) is 7.11 Å². The molecular weight excluding hydrogens is 393 g/mol. The zero-order valence-electron chi connectivity index (χ0n) is 15.0. The predicted octanol–water partition coefficient (Wildman–Crippen LogP) is 4.91. The molecule has 3 aromatic rings. The average molecular weight is 407 g/mol. The highest BCUT2D eigenvalue weighted by Gasteiger charge is 2.31. The fraction of sp³-hybridized carbons (Fsp3) is 0.0952. The van der Waals surface area contributed by atoms with Gasteiger partial charge in [0.1, 0.15) is 11.3 Å². The molecule has 0 aliphatic heterocycles. The molecule has 0 fully saturated rings. The van der Waals surface area contributed by atoms with Crippen LogP contribution in [0.3, 0.4) is 0 Å². The zero-order chi connectivity index (χ0) is 21.1. The van der Waals surface area contributed by atoms with E-state index in [0.717, 1.165) is 0 Å². The number of halogens is 5. The van der Waals surface area contributed by atoms with Gasteiger partial charge in [0.25, 0.3) is 5.91 Å². The van der Waals surface area contributed by atoms with Crippen molar-refractivity contribution in [1.29, 1.82) is 0 Å². The average Bonchev–Trinajstić information content (AvgIpc) is 2.75. The van der Waals surface area contributed by atoms with E-state index < -0.39 is 46.6 Å². The van der Waals surface area contributed by atoms with Gasteiger partial charge in [-0.1, -0.05) is 42.5 Å². The van der Waals surface area contributed by atoms with Crippen molar-refractivity contribution in [1.82, 2.24) is 5.32 Å². The van der Waals surface area contributed by atoms with Crippen LogP contribution in [0.5, 0.6) is 5.75 Å². The Balaban J connectivity index is 2.04. The number of methoxy groups -OCH3 is 1. The Bertz CT molecular complexity index is 1010. The highest BCUT2D eigenvalue weighted by atomic mass is 19.2. The molecule has 150 valence electrons. The number of carbonyl (C=O) groups is 1. The molecule has 0 saturated heterocycles. The van der Waals surface area contributed by atoms with Gasteiger partial charge in [-0.3, -0.25) is 4.79 Å². The van der Waals surface area contributed by atoms with Crippen LogP contribution in [-0.4, -0.2) is 13.0 Å². The molecule has 3 nitrogen and oxygen atoms in total. The molecule has 8 heteroatoms. The second-order valence-electron chi connectivity index (χ2n) is 6.04. The van der Waals surface area contributed by atoms with Gasteiger partial charge in [-0.2, -0.15) is 0 Å². The van der Waals surface area contributed by atoms with Crippen molar-refractivity contribution >= 4 is 5.91 Å². The molecular formula is C21H14F5NO2. The molecule has 0 aromatic heterocycles. The second kappa shape index (κ2) is 8.30. The molecule has 0 spiro atoms. The van der Waals surface area contributed by atoms with Gasteiger partial charge >= 0.3 is 0 Å². The lowest BCUT2D eigenvalue weighted by molar-refractivity contribution is 0.0931. The molecule has 1 atom stereocenters. The monoisotopic (exact) mass is 407 g/mol. The van der Waals surface area contributed by atoms with Gasteiger partial charge in [-0.15, -0.1) is 0 Å². The van der Waals surface area contributed by atoms with E-state index in [0.29, 0.717) is 16.9 Å². The van der Waals surface area contributed by atoms with Crippen molar-refractivity contribution in [3.63, 3.8) is 0 Å². The lowest BCUT2D eigenvalue weighted by Crippen LogP contribution is -2.31. The molecule has 3 aromatic carbocycles. The summed E-state index contributed by atoms with van der Waals surface area (Å²) in [7, 11) is 1.47. The van der Waals surface area contributed by atoms with Crippen molar-refractivity contribution in [2.24, 2.45) is 0 Å². The summed E-state index contributed by atoms with van der Waals surface area (Å²) in [6, 6.07) is 13.9. The van der Waals surface area contributed by atoms with Crippen LogP contribution >= 0.6 is 0 Å². The van der Waals surface area contributed by atoms with E-state index in [1.807, 2.05) is 0 Å². The van der Waals surface area contributed by atoms with E-state index in [4.69, 9.17) is 4.74 Å². The number of carbonyl (C=O) groups excluding carboxylic acids is 1. The van der Waals surface area contributed by atoms with Gasteiger partial charge in [0.05, 0.1) is 13.2 Å². The second-order valence-corrected chi connectivity index (χ2v) is 6.04. The van der Waals surface area contributed by atoms with Crippen LogP contribution in [0.4, 0.5) is 22.0 Å². The van der Waals surface area contributed by atoms with Crippen molar-refractivity contribution in [2.75, 3.05) is 7.11 Å². The van der Waals surface area contributed by atoms with E-state index in [9.17, 15) is 26.7 Å². The summed E-state index contributed by atoms with van der Waals surface area (Å²) in [6.45, 7) is 0. The maximum atomic E-state index is 14.0.